The zero-order chi connectivity index (χ0) is 19.3. The molecule has 2 aliphatic rings. The van der Waals surface area contributed by atoms with Crippen LogP contribution in [0.15, 0.2) is 6.07 Å². The summed E-state index contributed by atoms with van der Waals surface area (Å²) in [4.78, 5) is 19.7. The molecule has 1 aliphatic carbocycles. The number of fused-ring (bicyclic) bond motifs is 1. The van der Waals surface area contributed by atoms with Crippen molar-refractivity contribution in [3.63, 3.8) is 0 Å². The maximum absolute atomic E-state index is 13.3. The van der Waals surface area contributed by atoms with Crippen LogP contribution in [0.25, 0.3) is 11.0 Å². The van der Waals surface area contributed by atoms with Crippen LogP contribution in [0.2, 0.25) is 0 Å². The monoisotopic (exact) mass is 391 g/mol. The van der Waals surface area contributed by atoms with Gasteiger partial charge in [-0.05, 0) is 32.3 Å². The Kier molecular flexibility index (Phi) is 4.46. The number of aromatic nitrogens is 3. The molecule has 0 bridgehead atoms. The third-order valence-corrected chi connectivity index (χ3v) is 7.38. The summed E-state index contributed by atoms with van der Waals surface area (Å²) in [6, 6.07) is 1.89. The summed E-state index contributed by atoms with van der Waals surface area (Å²) in [6.07, 6.45) is 2.64. The summed E-state index contributed by atoms with van der Waals surface area (Å²) in [5.74, 6) is 0.284. The van der Waals surface area contributed by atoms with Gasteiger partial charge in [-0.3, -0.25) is 9.48 Å². The van der Waals surface area contributed by atoms with E-state index in [0.29, 0.717) is 31.0 Å². The van der Waals surface area contributed by atoms with E-state index in [0.717, 1.165) is 35.3 Å². The topological polar surface area (TPSA) is 97.2 Å². The van der Waals surface area contributed by atoms with Crippen LogP contribution in [0.4, 0.5) is 0 Å². The smallest absolute Gasteiger partial charge is 0.254 e. The van der Waals surface area contributed by atoms with Gasteiger partial charge in [0, 0.05) is 38.3 Å². The molecule has 1 amide bonds. The summed E-state index contributed by atoms with van der Waals surface area (Å²) in [6.45, 7) is 4.65. The molecule has 0 aromatic carbocycles. The molecule has 1 N–H and O–H groups in total. The Morgan fingerprint density at radius 2 is 2.07 bits per heavy atom. The lowest BCUT2D eigenvalue weighted by Crippen LogP contribution is -2.37. The molecule has 3 heterocycles. The summed E-state index contributed by atoms with van der Waals surface area (Å²) in [5, 5.41) is 4.65. The number of sulfonamides is 1. The second-order valence-electron chi connectivity index (χ2n) is 7.48. The van der Waals surface area contributed by atoms with Crippen LogP contribution >= 0.6 is 0 Å². The van der Waals surface area contributed by atoms with Crippen molar-refractivity contribution in [2.45, 2.75) is 44.3 Å². The number of nitrogens with one attached hydrogen (secondary N) is 1. The summed E-state index contributed by atoms with van der Waals surface area (Å²) in [7, 11) is -1.55. The van der Waals surface area contributed by atoms with Gasteiger partial charge in [0.25, 0.3) is 5.91 Å². The lowest BCUT2D eigenvalue weighted by Gasteiger charge is -2.18. The first-order valence-electron chi connectivity index (χ1n) is 9.43. The molecule has 2 aromatic rings. The van der Waals surface area contributed by atoms with E-state index in [1.807, 2.05) is 20.0 Å². The standard InChI is InChI=1S/C18H25N5O3S/c1-4-19-27(25,26)13-7-8-23(10-13)18(24)14-9-15(12-5-6-12)20-17-16(14)11(2)21-22(17)3/h9,12-13,19H,4-8,10H2,1-3H3. The molecular formula is C18H25N5O3S. The molecule has 8 nitrogen and oxygen atoms in total. The van der Waals surface area contributed by atoms with Crippen LogP contribution in [0.1, 0.15) is 53.8 Å². The number of pyridine rings is 1. The quantitative estimate of drug-likeness (QED) is 0.829. The van der Waals surface area contributed by atoms with E-state index >= 15 is 0 Å². The number of nitrogens with zero attached hydrogens (tertiary/aromatic N) is 4. The molecule has 27 heavy (non-hydrogen) atoms. The van der Waals surface area contributed by atoms with Crippen molar-refractivity contribution in [2.75, 3.05) is 19.6 Å². The van der Waals surface area contributed by atoms with Crippen molar-refractivity contribution in [3.8, 4) is 0 Å². The van der Waals surface area contributed by atoms with Crippen molar-refractivity contribution in [1.82, 2.24) is 24.4 Å². The molecule has 1 atom stereocenters. The third-order valence-electron chi connectivity index (χ3n) is 5.43. The average molecular weight is 391 g/mol. The second-order valence-corrected chi connectivity index (χ2v) is 9.53. The first kappa shape index (κ1) is 18.4. The number of carbonyl (C=O) groups excluding carboxylic acids is 1. The number of amides is 1. The van der Waals surface area contributed by atoms with Gasteiger partial charge < -0.3 is 4.90 Å². The molecule has 146 valence electrons. The molecule has 2 aromatic heterocycles. The van der Waals surface area contributed by atoms with Gasteiger partial charge in [0.1, 0.15) is 0 Å². The Labute approximate surface area is 159 Å². The maximum Gasteiger partial charge on any atom is 0.254 e. The molecule has 0 spiro atoms. The molecular weight excluding hydrogens is 366 g/mol. The van der Waals surface area contributed by atoms with Gasteiger partial charge in [-0.1, -0.05) is 6.92 Å². The van der Waals surface area contributed by atoms with E-state index < -0.39 is 15.3 Å². The van der Waals surface area contributed by atoms with E-state index in [1.165, 1.54) is 0 Å². The van der Waals surface area contributed by atoms with Gasteiger partial charge in [0.15, 0.2) is 5.65 Å². The molecule has 1 saturated carbocycles. The average Bonchev–Trinajstić information content (AvgIpc) is 3.27. The number of likely N-dealkylation sites (tertiary alicyclic amines) is 1. The number of aryl methyl sites for hydroxylation is 2. The zero-order valence-corrected chi connectivity index (χ0v) is 16.7. The van der Waals surface area contributed by atoms with Gasteiger partial charge in [0.2, 0.25) is 10.0 Å². The van der Waals surface area contributed by atoms with Crippen molar-refractivity contribution >= 4 is 27.0 Å². The lowest BCUT2D eigenvalue weighted by atomic mass is 10.1. The van der Waals surface area contributed by atoms with Crippen molar-refractivity contribution < 1.29 is 13.2 Å². The van der Waals surface area contributed by atoms with Crippen molar-refractivity contribution in [2.24, 2.45) is 7.05 Å². The Hall–Kier alpha value is -2.00. The van der Waals surface area contributed by atoms with Crippen LogP contribution in [0, 0.1) is 6.92 Å². The highest BCUT2D eigenvalue weighted by molar-refractivity contribution is 7.90. The predicted octanol–water partition coefficient (Wildman–Crippen LogP) is 1.31. The van der Waals surface area contributed by atoms with Gasteiger partial charge in [-0.15, -0.1) is 0 Å². The van der Waals surface area contributed by atoms with Crippen LogP contribution in [-0.2, 0) is 17.1 Å². The SMILES string of the molecule is CCNS(=O)(=O)C1CCN(C(=O)c2cc(C3CC3)nc3c2c(C)nn3C)C1. The Morgan fingerprint density at radius 3 is 2.74 bits per heavy atom. The highest BCUT2D eigenvalue weighted by atomic mass is 32.2. The largest absolute Gasteiger partial charge is 0.337 e. The van der Waals surface area contributed by atoms with Crippen LogP contribution in [0.5, 0.6) is 0 Å². The lowest BCUT2D eigenvalue weighted by molar-refractivity contribution is 0.0795. The Balaban J connectivity index is 1.69. The highest BCUT2D eigenvalue weighted by Gasteiger charge is 2.36. The summed E-state index contributed by atoms with van der Waals surface area (Å²) in [5.41, 5.74) is 3.01. The fourth-order valence-electron chi connectivity index (χ4n) is 3.88. The van der Waals surface area contributed by atoms with Crippen LogP contribution < -0.4 is 4.72 Å². The molecule has 1 unspecified atom stereocenters. The molecule has 4 rings (SSSR count). The number of hydrogen-bond donors (Lipinski definition) is 1. The molecule has 1 aliphatic heterocycles. The van der Waals surface area contributed by atoms with Crippen LogP contribution in [0.3, 0.4) is 0 Å². The minimum absolute atomic E-state index is 0.130. The molecule has 0 radical (unpaired) electrons. The molecule has 9 heteroatoms. The van der Waals surface area contributed by atoms with Gasteiger partial charge >= 0.3 is 0 Å². The highest BCUT2D eigenvalue weighted by Crippen LogP contribution is 2.40. The zero-order valence-electron chi connectivity index (χ0n) is 15.9. The second kappa shape index (κ2) is 6.56. The Morgan fingerprint density at radius 1 is 1.33 bits per heavy atom. The summed E-state index contributed by atoms with van der Waals surface area (Å²) < 4.78 is 28.8. The van der Waals surface area contributed by atoms with E-state index in [-0.39, 0.29) is 12.5 Å². The maximum atomic E-state index is 13.3. The number of carbonyl (C=O) groups is 1. The predicted molar refractivity (Wildman–Crippen MR) is 102 cm³/mol. The summed E-state index contributed by atoms with van der Waals surface area (Å²) >= 11 is 0. The third kappa shape index (κ3) is 3.23. The first-order valence-corrected chi connectivity index (χ1v) is 11.0. The van der Waals surface area contributed by atoms with E-state index in [2.05, 4.69) is 9.82 Å². The van der Waals surface area contributed by atoms with Gasteiger partial charge in [-0.25, -0.2) is 18.1 Å². The normalized spacial score (nSPS) is 20.6. The first-order chi connectivity index (χ1) is 12.8. The van der Waals surface area contributed by atoms with Crippen molar-refractivity contribution in [1.29, 1.82) is 0 Å². The Bertz CT molecular complexity index is 1010. The minimum atomic E-state index is -3.39. The van der Waals surface area contributed by atoms with Gasteiger partial charge in [0.05, 0.1) is 21.9 Å². The van der Waals surface area contributed by atoms with E-state index in [4.69, 9.17) is 4.98 Å². The van der Waals surface area contributed by atoms with Crippen molar-refractivity contribution in [3.05, 3.63) is 23.0 Å². The fraction of sp³-hybridized carbons (Fsp3) is 0.611. The van der Waals surface area contributed by atoms with E-state index in [1.54, 1.807) is 16.5 Å². The molecule has 1 saturated heterocycles. The minimum Gasteiger partial charge on any atom is -0.337 e. The van der Waals surface area contributed by atoms with E-state index in [9.17, 15) is 13.2 Å². The number of hydrogen-bond acceptors (Lipinski definition) is 5. The van der Waals surface area contributed by atoms with Crippen LogP contribution in [-0.4, -0.2) is 58.9 Å². The fourth-order valence-corrected chi connectivity index (χ4v) is 5.31. The number of rotatable bonds is 5. The molecule has 2 fully saturated rings. The van der Waals surface area contributed by atoms with Gasteiger partial charge in [-0.2, -0.15) is 5.10 Å².